The number of rotatable bonds is 1. The molecule has 2 heterocycles. The highest BCUT2D eigenvalue weighted by atomic mass is 16.6. The van der Waals surface area contributed by atoms with Crippen LogP contribution in [-0.2, 0) is 4.74 Å². The van der Waals surface area contributed by atoms with Gasteiger partial charge in [-0.1, -0.05) is 24.3 Å². The number of nitrogens with zero attached hydrogens (tertiary/aromatic N) is 2. The molecule has 0 saturated carbocycles. The van der Waals surface area contributed by atoms with Gasteiger partial charge in [0.2, 0.25) is 0 Å². The van der Waals surface area contributed by atoms with Crippen molar-refractivity contribution in [2.75, 3.05) is 6.54 Å². The van der Waals surface area contributed by atoms with Crippen LogP contribution in [0.5, 0.6) is 0 Å². The van der Waals surface area contributed by atoms with Crippen LogP contribution in [0.1, 0.15) is 51.8 Å². The van der Waals surface area contributed by atoms with E-state index in [9.17, 15) is 4.79 Å². The summed E-state index contributed by atoms with van der Waals surface area (Å²) in [5.41, 5.74) is 1.45. The topological polar surface area (TPSA) is 42.4 Å². The van der Waals surface area contributed by atoms with Crippen LogP contribution in [0.4, 0.5) is 4.79 Å². The van der Waals surface area contributed by atoms with Crippen molar-refractivity contribution in [3.8, 4) is 0 Å². The van der Waals surface area contributed by atoms with E-state index in [4.69, 9.17) is 9.72 Å². The van der Waals surface area contributed by atoms with Crippen molar-refractivity contribution >= 4 is 17.0 Å². The number of para-hydroxylation sites is 1. The minimum atomic E-state index is -0.476. The minimum Gasteiger partial charge on any atom is -0.444 e. The summed E-state index contributed by atoms with van der Waals surface area (Å²) in [4.78, 5) is 19.2. The number of carbonyl (C=O) groups is 1. The van der Waals surface area contributed by atoms with Gasteiger partial charge in [0.1, 0.15) is 5.60 Å². The largest absolute Gasteiger partial charge is 0.444 e. The van der Waals surface area contributed by atoms with E-state index in [2.05, 4.69) is 12.1 Å². The molecule has 1 fully saturated rings. The molecule has 1 saturated heterocycles. The number of hydrogen-bond acceptors (Lipinski definition) is 3. The predicted molar refractivity (Wildman–Crippen MR) is 91.3 cm³/mol. The van der Waals surface area contributed by atoms with Gasteiger partial charge in [0.25, 0.3) is 0 Å². The smallest absolute Gasteiger partial charge is 0.410 e. The summed E-state index contributed by atoms with van der Waals surface area (Å²) in [7, 11) is 0. The summed E-state index contributed by atoms with van der Waals surface area (Å²) in [5, 5.41) is 1.12. The van der Waals surface area contributed by atoms with Gasteiger partial charge in [0, 0.05) is 11.9 Å². The number of amides is 1. The molecule has 1 aliphatic rings. The number of pyridine rings is 1. The number of likely N-dealkylation sites (tertiary alicyclic amines) is 1. The number of benzene rings is 1. The molecule has 1 atom stereocenters. The van der Waals surface area contributed by atoms with Crippen molar-refractivity contribution in [2.24, 2.45) is 0 Å². The van der Waals surface area contributed by atoms with E-state index in [0.717, 1.165) is 42.4 Å². The van der Waals surface area contributed by atoms with Crippen LogP contribution < -0.4 is 0 Å². The van der Waals surface area contributed by atoms with Gasteiger partial charge in [0.15, 0.2) is 0 Å². The fourth-order valence-electron chi connectivity index (χ4n) is 3.05. The highest BCUT2D eigenvalue weighted by Gasteiger charge is 2.32. The van der Waals surface area contributed by atoms with Gasteiger partial charge in [-0.25, -0.2) is 4.79 Å². The summed E-state index contributed by atoms with van der Waals surface area (Å²) in [6.45, 7) is 6.43. The van der Waals surface area contributed by atoms with Crippen molar-refractivity contribution in [3.05, 3.63) is 42.1 Å². The molecular weight excluding hydrogens is 288 g/mol. The molecule has 3 rings (SSSR count). The molecule has 0 spiro atoms. The number of fused-ring (bicyclic) bond motifs is 1. The molecule has 0 radical (unpaired) electrons. The van der Waals surface area contributed by atoms with E-state index >= 15 is 0 Å². The second-order valence-electron chi connectivity index (χ2n) is 7.11. The van der Waals surface area contributed by atoms with Crippen LogP contribution >= 0.6 is 0 Å². The SMILES string of the molecule is CC(C)(C)OC(=O)N1CCCCC1c1ccc2ccccc2n1. The Hall–Kier alpha value is -2.10. The first-order valence-electron chi connectivity index (χ1n) is 8.29. The monoisotopic (exact) mass is 312 g/mol. The molecular formula is C19H24N2O2. The molecule has 4 heteroatoms. The number of carbonyl (C=O) groups excluding carboxylic acids is 1. The number of ether oxygens (including phenoxy) is 1. The van der Waals surface area contributed by atoms with E-state index in [1.54, 1.807) is 0 Å². The van der Waals surface area contributed by atoms with E-state index < -0.39 is 5.60 Å². The fraction of sp³-hybridized carbons (Fsp3) is 0.474. The summed E-state index contributed by atoms with van der Waals surface area (Å²) in [6.07, 6.45) is 2.82. The Morgan fingerprint density at radius 2 is 1.96 bits per heavy atom. The number of aromatic nitrogens is 1. The molecule has 1 aliphatic heterocycles. The molecule has 1 amide bonds. The molecule has 122 valence electrons. The van der Waals surface area contributed by atoms with Crippen LogP contribution in [0.15, 0.2) is 36.4 Å². The zero-order valence-corrected chi connectivity index (χ0v) is 14.1. The average Bonchev–Trinajstić information content (AvgIpc) is 2.53. The first-order valence-corrected chi connectivity index (χ1v) is 8.29. The lowest BCUT2D eigenvalue weighted by atomic mass is 9.99. The lowest BCUT2D eigenvalue weighted by Gasteiger charge is -2.36. The van der Waals surface area contributed by atoms with Gasteiger partial charge < -0.3 is 4.74 Å². The average molecular weight is 312 g/mol. The molecule has 1 unspecified atom stereocenters. The van der Waals surface area contributed by atoms with Gasteiger partial charge in [-0.05, 0) is 52.2 Å². The molecule has 4 nitrogen and oxygen atoms in total. The maximum atomic E-state index is 12.5. The maximum absolute atomic E-state index is 12.5. The van der Waals surface area contributed by atoms with Gasteiger partial charge in [-0.3, -0.25) is 9.88 Å². The first kappa shape index (κ1) is 15.8. The Balaban J connectivity index is 1.89. The van der Waals surface area contributed by atoms with Crippen molar-refractivity contribution < 1.29 is 9.53 Å². The quantitative estimate of drug-likeness (QED) is 0.766. The summed E-state index contributed by atoms with van der Waals surface area (Å²) < 4.78 is 5.58. The van der Waals surface area contributed by atoms with Gasteiger partial charge >= 0.3 is 6.09 Å². The Labute approximate surface area is 137 Å². The third-order valence-corrected chi connectivity index (χ3v) is 4.09. The summed E-state index contributed by atoms with van der Waals surface area (Å²) in [6, 6.07) is 12.2. The van der Waals surface area contributed by atoms with Crippen LogP contribution in [0, 0.1) is 0 Å². The predicted octanol–water partition coefficient (Wildman–Crippen LogP) is 4.70. The van der Waals surface area contributed by atoms with E-state index in [0.29, 0.717) is 0 Å². The molecule has 0 aliphatic carbocycles. The molecule has 23 heavy (non-hydrogen) atoms. The summed E-state index contributed by atoms with van der Waals surface area (Å²) in [5.74, 6) is 0. The first-order chi connectivity index (χ1) is 10.9. The highest BCUT2D eigenvalue weighted by molar-refractivity contribution is 5.78. The summed E-state index contributed by atoms with van der Waals surface area (Å²) >= 11 is 0. The van der Waals surface area contributed by atoms with Gasteiger partial charge in [-0.2, -0.15) is 0 Å². The Kier molecular flexibility index (Phi) is 4.24. The van der Waals surface area contributed by atoms with Crippen LogP contribution in [0.3, 0.4) is 0 Å². The van der Waals surface area contributed by atoms with E-state index in [-0.39, 0.29) is 12.1 Å². The van der Waals surface area contributed by atoms with Crippen LogP contribution in [-0.4, -0.2) is 28.1 Å². The second-order valence-corrected chi connectivity index (χ2v) is 7.11. The lowest BCUT2D eigenvalue weighted by Crippen LogP contribution is -2.42. The van der Waals surface area contributed by atoms with E-state index in [1.165, 1.54) is 0 Å². The Bertz CT molecular complexity index is 706. The fourth-order valence-corrected chi connectivity index (χ4v) is 3.05. The van der Waals surface area contributed by atoms with Crippen molar-refractivity contribution in [1.82, 2.24) is 9.88 Å². The molecule has 2 aromatic rings. The second kappa shape index (κ2) is 6.19. The zero-order valence-electron chi connectivity index (χ0n) is 14.1. The van der Waals surface area contributed by atoms with Crippen LogP contribution in [0.25, 0.3) is 10.9 Å². The number of piperidine rings is 1. The van der Waals surface area contributed by atoms with Crippen molar-refractivity contribution in [3.63, 3.8) is 0 Å². The highest BCUT2D eigenvalue weighted by Crippen LogP contribution is 2.32. The Morgan fingerprint density at radius 3 is 2.74 bits per heavy atom. The normalized spacial score (nSPS) is 18.9. The third kappa shape index (κ3) is 3.63. The lowest BCUT2D eigenvalue weighted by molar-refractivity contribution is 0.00904. The maximum Gasteiger partial charge on any atom is 0.410 e. The van der Waals surface area contributed by atoms with Gasteiger partial charge in [-0.15, -0.1) is 0 Å². The van der Waals surface area contributed by atoms with E-state index in [1.807, 2.05) is 49.9 Å². The standard InChI is InChI=1S/C19H24N2O2/c1-19(2,3)23-18(22)21-13-7-6-10-17(21)16-12-11-14-8-4-5-9-15(14)20-16/h4-5,8-9,11-12,17H,6-7,10,13H2,1-3H3. The molecule has 0 N–H and O–H groups in total. The number of hydrogen-bond donors (Lipinski definition) is 0. The molecule has 1 aromatic heterocycles. The van der Waals surface area contributed by atoms with Crippen LogP contribution in [0.2, 0.25) is 0 Å². The minimum absolute atomic E-state index is 0.00297. The molecule has 1 aromatic carbocycles. The Morgan fingerprint density at radius 1 is 1.17 bits per heavy atom. The third-order valence-electron chi connectivity index (χ3n) is 4.09. The molecule has 0 bridgehead atoms. The van der Waals surface area contributed by atoms with Gasteiger partial charge in [0.05, 0.1) is 17.3 Å². The van der Waals surface area contributed by atoms with Crippen molar-refractivity contribution in [1.29, 1.82) is 0 Å². The van der Waals surface area contributed by atoms with Crippen molar-refractivity contribution in [2.45, 2.75) is 51.7 Å². The zero-order chi connectivity index (χ0) is 16.4.